The standard InChI is InChI=1S/C12H18N2/c1-9-2-4-10(5-3-9)12(8-13)14-11-6-7-11/h2-5,11-12,14H,6-8,13H2,1H3. The summed E-state index contributed by atoms with van der Waals surface area (Å²) in [4.78, 5) is 0. The van der Waals surface area contributed by atoms with Crippen molar-refractivity contribution in [3.63, 3.8) is 0 Å². The molecule has 3 N–H and O–H groups in total. The molecule has 1 aromatic rings. The molecule has 1 aliphatic rings. The third kappa shape index (κ3) is 2.34. The Bertz CT molecular complexity index is 288. The maximum Gasteiger partial charge on any atom is 0.0446 e. The summed E-state index contributed by atoms with van der Waals surface area (Å²) >= 11 is 0. The van der Waals surface area contributed by atoms with Crippen LogP contribution in [0, 0.1) is 6.92 Å². The minimum atomic E-state index is 0.336. The Balaban J connectivity index is 2.05. The third-order valence-electron chi connectivity index (χ3n) is 2.73. The van der Waals surface area contributed by atoms with E-state index in [4.69, 9.17) is 5.73 Å². The van der Waals surface area contributed by atoms with Gasteiger partial charge in [-0.05, 0) is 25.3 Å². The molecule has 2 nitrogen and oxygen atoms in total. The highest BCUT2D eigenvalue weighted by Gasteiger charge is 2.24. The number of hydrogen-bond acceptors (Lipinski definition) is 2. The summed E-state index contributed by atoms with van der Waals surface area (Å²) in [6.07, 6.45) is 2.62. The molecule has 0 saturated heterocycles. The molecule has 1 atom stereocenters. The number of hydrogen-bond donors (Lipinski definition) is 2. The second-order valence-electron chi connectivity index (χ2n) is 4.14. The van der Waals surface area contributed by atoms with Gasteiger partial charge in [0.2, 0.25) is 0 Å². The first-order chi connectivity index (χ1) is 6.79. The lowest BCUT2D eigenvalue weighted by molar-refractivity contribution is 0.539. The maximum absolute atomic E-state index is 5.76. The third-order valence-corrected chi connectivity index (χ3v) is 2.73. The maximum atomic E-state index is 5.76. The van der Waals surface area contributed by atoms with Crippen molar-refractivity contribution >= 4 is 0 Å². The molecule has 76 valence electrons. The zero-order valence-electron chi connectivity index (χ0n) is 8.66. The van der Waals surface area contributed by atoms with Gasteiger partial charge in [-0.3, -0.25) is 0 Å². The molecule has 1 fully saturated rings. The van der Waals surface area contributed by atoms with Crippen LogP contribution in [0.1, 0.15) is 30.0 Å². The molecule has 2 heteroatoms. The Hall–Kier alpha value is -0.860. The van der Waals surface area contributed by atoms with Crippen molar-refractivity contribution in [1.29, 1.82) is 0 Å². The summed E-state index contributed by atoms with van der Waals surface area (Å²) in [5, 5.41) is 3.55. The molecule has 1 saturated carbocycles. The molecule has 0 amide bonds. The molecule has 0 spiro atoms. The van der Waals surface area contributed by atoms with Crippen LogP contribution in [-0.2, 0) is 0 Å². The Morgan fingerprint density at radius 3 is 2.50 bits per heavy atom. The van der Waals surface area contributed by atoms with Gasteiger partial charge in [0.1, 0.15) is 0 Å². The van der Waals surface area contributed by atoms with Crippen molar-refractivity contribution in [2.75, 3.05) is 6.54 Å². The lowest BCUT2D eigenvalue weighted by Crippen LogP contribution is -2.29. The first kappa shape index (κ1) is 9.69. The Morgan fingerprint density at radius 1 is 1.36 bits per heavy atom. The second-order valence-corrected chi connectivity index (χ2v) is 4.14. The van der Waals surface area contributed by atoms with Crippen molar-refractivity contribution in [2.24, 2.45) is 5.73 Å². The fraction of sp³-hybridized carbons (Fsp3) is 0.500. The first-order valence-electron chi connectivity index (χ1n) is 5.32. The van der Waals surface area contributed by atoms with Crippen LogP contribution in [0.2, 0.25) is 0 Å². The topological polar surface area (TPSA) is 38.0 Å². The van der Waals surface area contributed by atoms with Crippen LogP contribution in [0.25, 0.3) is 0 Å². The van der Waals surface area contributed by atoms with Crippen LogP contribution in [0.5, 0.6) is 0 Å². The summed E-state index contributed by atoms with van der Waals surface area (Å²) in [5.41, 5.74) is 8.37. The molecule has 0 aliphatic heterocycles. The van der Waals surface area contributed by atoms with Crippen LogP contribution in [0.15, 0.2) is 24.3 Å². The fourth-order valence-electron chi connectivity index (χ4n) is 1.63. The first-order valence-corrected chi connectivity index (χ1v) is 5.32. The van der Waals surface area contributed by atoms with Gasteiger partial charge in [0.05, 0.1) is 0 Å². The van der Waals surface area contributed by atoms with E-state index in [0.29, 0.717) is 18.6 Å². The van der Waals surface area contributed by atoms with Crippen LogP contribution in [0.3, 0.4) is 0 Å². The average Bonchev–Trinajstić information content (AvgIpc) is 3.00. The van der Waals surface area contributed by atoms with Gasteiger partial charge in [0.15, 0.2) is 0 Å². The van der Waals surface area contributed by atoms with E-state index in [2.05, 4.69) is 36.5 Å². The lowest BCUT2D eigenvalue weighted by atomic mass is 10.1. The Labute approximate surface area is 85.5 Å². The normalized spacial score (nSPS) is 18.1. The van der Waals surface area contributed by atoms with Gasteiger partial charge in [0, 0.05) is 18.6 Å². The van der Waals surface area contributed by atoms with Gasteiger partial charge in [0.25, 0.3) is 0 Å². The summed E-state index contributed by atoms with van der Waals surface area (Å²) < 4.78 is 0. The highest BCUT2D eigenvalue weighted by atomic mass is 15.0. The molecule has 0 heterocycles. The minimum absolute atomic E-state index is 0.336. The van der Waals surface area contributed by atoms with Crippen molar-refractivity contribution < 1.29 is 0 Å². The molecule has 0 radical (unpaired) electrons. The van der Waals surface area contributed by atoms with Gasteiger partial charge in [-0.2, -0.15) is 0 Å². The summed E-state index contributed by atoms with van der Waals surface area (Å²) in [6, 6.07) is 9.68. The average molecular weight is 190 g/mol. The van der Waals surface area contributed by atoms with Crippen molar-refractivity contribution in [3.8, 4) is 0 Å². The van der Waals surface area contributed by atoms with E-state index in [1.807, 2.05) is 0 Å². The van der Waals surface area contributed by atoms with E-state index in [1.54, 1.807) is 0 Å². The van der Waals surface area contributed by atoms with Gasteiger partial charge < -0.3 is 11.1 Å². The summed E-state index contributed by atoms with van der Waals surface area (Å²) in [7, 11) is 0. The van der Waals surface area contributed by atoms with E-state index in [1.165, 1.54) is 24.0 Å². The van der Waals surface area contributed by atoms with Crippen molar-refractivity contribution in [3.05, 3.63) is 35.4 Å². The molecule has 14 heavy (non-hydrogen) atoms. The van der Waals surface area contributed by atoms with Crippen molar-refractivity contribution in [2.45, 2.75) is 31.8 Å². The molecule has 1 aromatic carbocycles. The van der Waals surface area contributed by atoms with Crippen LogP contribution in [-0.4, -0.2) is 12.6 Å². The van der Waals surface area contributed by atoms with Gasteiger partial charge >= 0.3 is 0 Å². The molecule has 2 rings (SSSR count). The number of nitrogens with one attached hydrogen (secondary N) is 1. The number of nitrogens with two attached hydrogens (primary N) is 1. The van der Waals surface area contributed by atoms with Crippen LogP contribution < -0.4 is 11.1 Å². The summed E-state index contributed by atoms with van der Waals surface area (Å²) in [5.74, 6) is 0. The Morgan fingerprint density at radius 2 is 2.00 bits per heavy atom. The second kappa shape index (κ2) is 4.11. The number of rotatable bonds is 4. The monoisotopic (exact) mass is 190 g/mol. The molecular formula is C12H18N2. The fourth-order valence-corrected chi connectivity index (χ4v) is 1.63. The zero-order chi connectivity index (χ0) is 9.97. The quantitative estimate of drug-likeness (QED) is 0.759. The predicted octanol–water partition coefficient (Wildman–Crippen LogP) is 1.75. The SMILES string of the molecule is Cc1ccc(C(CN)NC2CC2)cc1. The van der Waals surface area contributed by atoms with E-state index in [9.17, 15) is 0 Å². The van der Waals surface area contributed by atoms with E-state index in [0.717, 1.165) is 0 Å². The highest BCUT2D eigenvalue weighted by molar-refractivity contribution is 5.24. The molecule has 0 bridgehead atoms. The zero-order valence-corrected chi connectivity index (χ0v) is 8.66. The molecular weight excluding hydrogens is 172 g/mol. The van der Waals surface area contributed by atoms with Gasteiger partial charge in [-0.15, -0.1) is 0 Å². The molecule has 1 unspecified atom stereocenters. The van der Waals surface area contributed by atoms with Gasteiger partial charge in [-0.25, -0.2) is 0 Å². The van der Waals surface area contributed by atoms with Gasteiger partial charge in [-0.1, -0.05) is 29.8 Å². The lowest BCUT2D eigenvalue weighted by Gasteiger charge is -2.16. The Kier molecular flexibility index (Phi) is 2.85. The van der Waals surface area contributed by atoms with Crippen LogP contribution >= 0.6 is 0 Å². The van der Waals surface area contributed by atoms with Crippen molar-refractivity contribution in [1.82, 2.24) is 5.32 Å². The largest absolute Gasteiger partial charge is 0.329 e. The molecule has 1 aliphatic carbocycles. The smallest absolute Gasteiger partial charge is 0.0446 e. The van der Waals surface area contributed by atoms with E-state index in [-0.39, 0.29) is 0 Å². The number of benzene rings is 1. The highest BCUT2D eigenvalue weighted by Crippen LogP contribution is 2.23. The van der Waals surface area contributed by atoms with E-state index >= 15 is 0 Å². The molecule has 0 aromatic heterocycles. The predicted molar refractivity (Wildman–Crippen MR) is 59.1 cm³/mol. The van der Waals surface area contributed by atoms with E-state index < -0.39 is 0 Å². The number of aryl methyl sites for hydroxylation is 1. The minimum Gasteiger partial charge on any atom is -0.329 e. The summed E-state index contributed by atoms with van der Waals surface area (Å²) in [6.45, 7) is 2.79. The van der Waals surface area contributed by atoms with Crippen LogP contribution in [0.4, 0.5) is 0 Å².